The summed E-state index contributed by atoms with van der Waals surface area (Å²) >= 11 is -0.174. The van der Waals surface area contributed by atoms with Crippen LogP contribution >= 0.6 is 11.8 Å². The Balaban J connectivity index is 1.63. The van der Waals surface area contributed by atoms with E-state index in [0.29, 0.717) is 16.8 Å². The van der Waals surface area contributed by atoms with Crippen molar-refractivity contribution in [3.8, 4) is 0 Å². The average molecular weight is 364 g/mol. The molecule has 0 aliphatic carbocycles. The molecule has 4 nitrogen and oxygen atoms in total. The highest BCUT2D eigenvalue weighted by Gasteiger charge is 2.31. The van der Waals surface area contributed by atoms with Gasteiger partial charge in [-0.15, -0.1) is 0 Å². The van der Waals surface area contributed by atoms with Crippen LogP contribution < -0.4 is 10.6 Å². The number of hydrogen-bond acceptors (Lipinski definition) is 4. The molecule has 1 aromatic heterocycles. The minimum atomic E-state index is -4.33. The van der Waals surface area contributed by atoms with Crippen LogP contribution in [0, 0.1) is 0 Å². The lowest BCUT2D eigenvalue weighted by Crippen LogP contribution is -2.37. The van der Waals surface area contributed by atoms with Crippen molar-refractivity contribution in [2.24, 2.45) is 0 Å². The summed E-state index contributed by atoms with van der Waals surface area (Å²) < 4.78 is 42.8. The molecule has 1 amide bonds. The van der Waals surface area contributed by atoms with Crippen molar-refractivity contribution in [2.75, 3.05) is 5.32 Å². The monoisotopic (exact) mass is 364 g/mol. The first kappa shape index (κ1) is 15.9. The third-order valence-electron chi connectivity index (χ3n) is 3.81. The van der Waals surface area contributed by atoms with E-state index in [2.05, 4.69) is 10.6 Å². The van der Waals surface area contributed by atoms with Gasteiger partial charge in [-0.05, 0) is 41.6 Å². The Kier molecular flexibility index (Phi) is 3.64. The Hall–Kier alpha value is -2.61. The maximum absolute atomic E-state index is 12.4. The molecule has 3 aromatic rings. The summed E-state index contributed by atoms with van der Waals surface area (Å²) in [6, 6.07) is 13.1. The second kappa shape index (κ2) is 5.73. The van der Waals surface area contributed by atoms with Crippen LogP contribution in [0.1, 0.15) is 22.3 Å². The van der Waals surface area contributed by atoms with E-state index in [-0.39, 0.29) is 28.3 Å². The van der Waals surface area contributed by atoms with Gasteiger partial charge >= 0.3 is 5.51 Å². The Morgan fingerprint density at radius 3 is 2.44 bits per heavy atom. The number of carbonyl (C=O) groups is 1. The highest BCUT2D eigenvalue weighted by atomic mass is 32.2. The van der Waals surface area contributed by atoms with Gasteiger partial charge in [-0.1, -0.05) is 24.3 Å². The molecule has 0 saturated heterocycles. The van der Waals surface area contributed by atoms with Gasteiger partial charge in [0.15, 0.2) is 0 Å². The summed E-state index contributed by atoms with van der Waals surface area (Å²) in [6.07, 6.45) is -0.550. The van der Waals surface area contributed by atoms with Crippen LogP contribution in [0.5, 0.6) is 0 Å². The fourth-order valence-corrected chi connectivity index (χ4v) is 3.29. The molecule has 0 radical (unpaired) electrons. The number of para-hydroxylation sites is 1. The number of rotatable bonds is 2. The van der Waals surface area contributed by atoms with Gasteiger partial charge in [0.1, 0.15) is 11.7 Å². The molecule has 0 bridgehead atoms. The first-order valence-corrected chi connectivity index (χ1v) is 8.17. The molecule has 2 aromatic carbocycles. The first-order chi connectivity index (χ1) is 11.9. The molecule has 0 spiro atoms. The second-order valence-electron chi connectivity index (χ2n) is 5.47. The number of benzene rings is 2. The molecule has 0 unspecified atom stereocenters. The van der Waals surface area contributed by atoms with Crippen molar-refractivity contribution >= 4 is 34.3 Å². The molecule has 128 valence electrons. The number of carbonyl (C=O) groups excluding carboxylic acids is 1. The van der Waals surface area contributed by atoms with Crippen LogP contribution in [-0.2, 0) is 0 Å². The minimum absolute atomic E-state index is 0.0906. The van der Waals surface area contributed by atoms with Gasteiger partial charge in [-0.3, -0.25) is 4.79 Å². The fraction of sp³-hybridized carbons (Fsp3) is 0.118. The van der Waals surface area contributed by atoms with Gasteiger partial charge in [0, 0.05) is 10.3 Å². The Morgan fingerprint density at radius 2 is 1.72 bits per heavy atom. The highest BCUT2D eigenvalue weighted by molar-refractivity contribution is 8.00. The van der Waals surface area contributed by atoms with Crippen LogP contribution in [0.25, 0.3) is 11.0 Å². The van der Waals surface area contributed by atoms with Gasteiger partial charge in [-0.25, -0.2) is 0 Å². The van der Waals surface area contributed by atoms with E-state index in [1.165, 1.54) is 12.1 Å². The van der Waals surface area contributed by atoms with Crippen molar-refractivity contribution in [2.45, 2.75) is 16.6 Å². The fourth-order valence-electron chi connectivity index (χ4n) is 2.75. The molecular formula is C17H11F3N2O2S. The number of amides is 1. The smallest absolute Gasteiger partial charge is 0.446 e. The van der Waals surface area contributed by atoms with Gasteiger partial charge in [0.2, 0.25) is 5.76 Å². The number of thioether (sulfide) groups is 1. The van der Waals surface area contributed by atoms with Gasteiger partial charge in [-0.2, -0.15) is 13.2 Å². The number of alkyl halides is 3. The summed E-state index contributed by atoms with van der Waals surface area (Å²) in [5.41, 5.74) is -2.51. The van der Waals surface area contributed by atoms with E-state index in [0.717, 1.165) is 5.39 Å². The zero-order valence-electron chi connectivity index (χ0n) is 12.6. The molecule has 1 aliphatic rings. The van der Waals surface area contributed by atoms with Gasteiger partial charge in [0.05, 0.1) is 5.69 Å². The molecule has 2 N–H and O–H groups in total. The molecular weight excluding hydrogens is 353 g/mol. The largest absolute Gasteiger partial charge is 0.449 e. The molecule has 0 saturated carbocycles. The quantitative estimate of drug-likeness (QED) is 0.635. The maximum atomic E-state index is 12.4. The summed E-state index contributed by atoms with van der Waals surface area (Å²) in [6.45, 7) is 0. The lowest BCUT2D eigenvalue weighted by atomic mass is 10.1. The van der Waals surface area contributed by atoms with Crippen LogP contribution in [0.4, 0.5) is 18.9 Å². The molecule has 25 heavy (non-hydrogen) atoms. The van der Waals surface area contributed by atoms with E-state index in [1.807, 2.05) is 18.2 Å². The van der Waals surface area contributed by atoms with Crippen LogP contribution in [0.15, 0.2) is 57.8 Å². The number of hydrogen-bond donors (Lipinski definition) is 2. The summed E-state index contributed by atoms with van der Waals surface area (Å²) in [7, 11) is 0. The number of anilines is 1. The minimum Gasteiger partial charge on any atom is -0.449 e. The van der Waals surface area contributed by atoms with E-state index in [1.54, 1.807) is 18.2 Å². The third kappa shape index (κ3) is 3.05. The SMILES string of the molecule is O=C1N[C@@H](c2ccc(SC(F)(F)F)cc2)Nc2c1oc1ccccc21. The van der Waals surface area contributed by atoms with E-state index in [4.69, 9.17) is 4.42 Å². The number of halogens is 3. The third-order valence-corrected chi connectivity index (χ3v) is 4.55. The predicted molar refractivity (Wildman–Crippen MR) is 88.4 cm³/mol. The second-order valence-corrected chi connectivity index (χ2v) is 6.61. The van der Waals surface area contributed by atoms with Crippen LogP contribution in [0.2, 0.25) is 0 Å². The molecule has 8 heteroatoms. The van der Waals surface area contributed by atoms with Crippen molar-refractivity contribution in [3.05, 3.63) is 59.9 Å². The molecule has 1 atom stereocenters. The van der Waals surface area contributed by atoms with Crippen molar-refractivity contribution in [3.63, 3.8) is 0 Å². The van der Waals surface area contributed by atoms with E-state index < -0.39 is 11.7 Å². The van der Waals surface area contributed by atoms with Gasteiger partial charge < -0.3 is 15.1 Å². The molecule has 4 rings (SSSR count). The predicted octanol–water partition coefficient (Wildman–Crippen LogP) is 4.90. The van der Waals surface area contributed by atoms with Crippen molar-refractivity contribution in [1.29, 1.82) is 0 Å². The van der Waals surface area contributed by atoms with Crippen LogP contribution in [-0.4, -0.2) is 11.4 Å². The van der Waals surface area contributed by atoms with Crippen LogP contribution in [0.3, 0.4) is 0 Å². The topological polar surface area (TPSA) is 54.3 Å². The lowest BCUT2D eigenvalue weighted by Gasteiger charge is -2.25. The average Bonchev–Trinajstić information content (AvgIpc) is 2.94. The first-order valence-electron chi connectivity index (χ1n) is 7.35. The number of nitrogens with one attached hydrogen (secondary N) is 2. The Bertz CT molecular complexity index is 951. The highest BCUT2D eigenvalue weighted by Crippen LogP contribution is 2.38. The maximum Gasteiger partial charge on any atom is 0.446 e. The Labute approximate surface area is 144 Å². The normalized spacial score (nSPS) is 17.1. The summed E-state index contributed by atoms with van der Waals surface area (Å²) in [5.74, 6) is -0.176. The Morgan fingerprint density at radius 1 is 1.00 bits per heavy atom. The summed E-state index contributed by atoms with van der Waals surface area (Å²) in [5, 5.41) is 6.70. The summed E-state index contributed by atoms with van der Waals surface area (Å²) in [4.78, 5) is 12.4. The lowest BCUT2D eigenvalue weighted by molar-refractivity contribution is -0.0328. The molecule has 1 aliphatic heterocycles. The number of furan rings is 1. The standard InChI is InChI=1S/C17H11F3N2O2S/c18-17(19,20)25-10-7-5-9(6-8-10)15-21-13-11-3-1-2-4-12(11)24-14(13)16(23)22-15/h1-8,15,21H,(H,22,23)/t15-/m0/s1. The van der Waals surface area contributed by atoms with Crippen molar-refractivity contribution in [1.82, 2.24) is 5.32 Å². The number of fused-ring (bicyclic) bond motifs is 3. The molecule has 2 heterocycles. The van der Waals surface area contributed by atoms with Gasteiger partial charge in [0.25, 0.3) is 5.91 Å². The zero-order valence-corrected chi connectivity index (χ0v) is 13.4. The van der Waals surface area contributed by atoms with Crippen molar-refractivity contribution < 1.29 is 22.4 Å². The zero-order chi connectivity index (χ0) is 17.6. The van der Waals surface area contributed by atoms with E-state index >= 15 is 0 Å². The molecule has 0 fully saturated rings. The van der Waals surface area contributed by atoms with E-state index in [9.17, 15) is 18.0 Å².